The quantitative estimate of drug-likeness (QED) is 0.610. The van der Waals surface area contributed by atoms with Gasteiger partial charge < -0.3 is 14.5 Å². The van der Waals surface area contributed by atoms with Crippen molar-refractivity contribution in [1.82, 2.24) is 14.1 Å². The number of hydrogen-bond acceptors (Lipinski definition) is 5. The van der Waals surface area contributed by atoms with Crippen molar-refractivity contribution in [2.75, 3.05) is 52.5 Å². The van der Waals surface area contributed by atoms with E-state index in [9.17, 15) is 18.0 Å². The maximum atomic E-state index is 12.7. The zero-order valence-corrected chi connectivity index (χ0v) is 18.3. The Balaban J connectivity index is 1.45. The van der Waals surface area contributed by atoms with E-state index in [0.717, 1.165) is 13.0 Å². The molecule has 0 aliphatic carbocycles. The fourth-order valence-electron chi connectivity index (χ4n) is 3.90. The van der Waals surface area contributed by atoms with Crippen molar-refractivity contribution in [2.45, 2.75) is 31.1 Å². The molecule has 2 fully saturated rings. The molecule has 0 aromatic heterocycles. The number of amides is 2. The highest BCUT2D eigenvalue weighted by Gasteiger charge is 2.30. The Labute approximate surface area is 178 Å². The van der Waals surface area contributed by atoms with Gasteiger partial charge in [-0.15, -0.1) is 0 Å². The highest BCUT2D eigenvalue weighted by Crippen LogP contribution is 2.18. The predicted octanol–water partition coefficient (Wildman–Crippen LogP) is 1.18. The molecular weight excluding hydrogens is 406 g/mol. The van der Waals surface area contributed by atoms with E-state index in [1.54, 1.807) is 40.1 Å². The first-order chi connectivity index (χ1) is 14.4. The summed E-state index contributed by atoms with van der Waals surface area (Å²) in [4.78, 5) is 28.8. The van der Waals surface area contributed by atoms with Crippen molar-refractivity contribution in [3.05, 3.63) is 30.3 Å². The maximum Gasteiger partial charge on any atom is 0.243 e. The molecular formula is C21H31N3O5S. The van der Waals surface area contributed by atoms with Gasteiger partial charge in [0.1, 0.15) is 0 Å². The van der Waals surface area contributed by atoms with Crippen molar-refractivity contribution < 1.29 is 22.7 Å². The Morgan fingerprint density at radius 3 is 2.40 bits per heavy atom. The second kappa shape index (κ2) is 10.4. The van der Waals surface area contributed by atoms with Crippen LogP contribution in [0.25, 0.3) is 0 Å². The summed E-state index contributed by atoms with van der Waals surface area (Å²) >= 11 is 0. The van der Waals surface area contributed by atoms with Crippen molar-refractivity contribution in [3.63, 3.8) is 0 Å². The van der Waals surface area contributed by atoms with Gasteiger partial charge >= 0.3 is 0 Å². The van der Waals surface area contributed by atoms with Crippen LogP contribution < -0.4 is 0 Å². The summed E-state index contributed by atoms with van der Waals surface area (Å²) in [6.45, 7) is 5.91. The number of ether oxygens (including phenoxy) is 1. The van der Waals surface area contributed by atoms with Crippen molar-refractivity contribution >= 4 is 21.8 Å². The monoisotopic (exact) mass is 437 g/mol. The highest BCUT2D eigenvalue weighted by atomic mass is 32.2. The Hall–Kier alpha value is -1.97. The summed E-state index contributed by atoms with van der Waals surface area (Å²) in [5.41, 5.74) is 0. The molecule has 2 saturated heterocycles. The first-order valence-electron chi connectivity index (χ1n) is 10.6. The zero-order valence-electron chi connectivity index (χ0n) is 17.5. The smallest absolute Gasteiger partial charge is 0.243 e. The van der Waals surface area contributed by atoms with Crippen LogP contribution >= 0.6 is 0 Å². The van der Waals surface area contributed by atoms with Gasteiger partial charge in [-0.2, -0.15) is 4.31 Å². The van der Waals surface area contributed by atoms with E-state index in [1.165, 1.54) is 4.31 Å². The third-order valence-corrected chi connectivity index (χ3v) is 7.67. The third-order valence-electron chi connectivity index (χ3n) is 5.76. The van der Waals surface area contributed by atoms with Gasteiger partial charge in [0.2, 0.25) is 21.8 Å². The van der Waals surface area contributed by atoms with Crippen LogP contribution in [0.3, 0.4) is 0 Å². The van der Waals surface area contributed by atoms with Gasteiger partial charge in [0.05, 0.1) is 11.5 Å². The molecule has 2 amide bonds. The topological polar surface area (TPSA) is 87.2 Å². The lowest BCUT2D eigenvalue weighted by molar-refractivity contribution is -0.137. The van der Waals surface area contributed by atoms with Gasteiger partial charge in [0.15, 0.2) is 0 Å². The fraction of sp³-hybridized carbons (Fsp3) is 0.619. The molecule has 8 nitrogen and oxygen atoms in total. The van der Waals surface area contributed by atoms with Crippen LogP contribution in [0.1, 0.15) is 26.2 Å². The number of carbonyl (C=O) groups excluding carboxylic acids is 2. The van der Waals surface area contributed by atoms with Gasteiger partial charge in [-0.25, -0.2) is 8.42 Å². The van der Waals surface area contributed by atoms with Gasteiger partial charge in [-0.3, -0.25) is 9.59 Å². The molecule has 166 valence electrons. The number of sulfonamides is 1. The van der Waals surface area contributed by atoms with E-state index in [2.05, 4.69) is 0 Å². The number of rotatable bonds is 8. The van der Waals surface area contributed by atoms with Gasteiger partial charge in [0, 0.05) is 64.6 Å². The van der Waals surface area contributed by atoms with Crippen LogP contribution in [0.2, 0.25) is 0 Å². The van der Waals surface area contributed by atoms with E-state index in [0.29, 0.717) is 38.7 Å². The minimum absolute atomic E-state index is 0.0111. The zero-order chi connectivity index (χ0) is 21.6. The van der Waals surface area contributed by atoms with Crippen LogP contribution in [0, 0.1) is 5.92 Å². The Bertz CT molecular complexity index is 816. The first-order valence-corrected chi connectivity index (χ1v) is 12.0. The van der Waals surface area contributed by atoms with E-state index >= 15 is 0 Å². The van der Waals surface area contributed by atoms with E-state index in [4.69, 9.17) is 4.74 Å². The molecule has 0 radical (unpaired) electrons. The van der Waals surface area contributed by atoms with Crippen LogP contribution in [0.5, 0.6) is 0 Å². The molecule has 0 N–H and O–H groups in total. The van der Waals surface area contributed by atoms with Crippen molar-refractivity contribution in [2.24, 2.45) is 5.92 Å². The van der Waals surface area contributed by atoms with Gasteiger partial charge in [0.25, 0.3) is 0 Å². The average molecular weight is 438 g/mol. The summed E-state index contributed by atoms with van der Waals surface area (Å²) in [6.07, 6.45) is 1.31. The highest BCUT2D eigenvalue weighted by molar-refractivity contribution is 7.89. The maximum absolute atomic E-state index is 12.7. The minimum atomic E-state index is -3.54. The summed E-state index contributed by atoms with van der Waals surface area (Å²) in [6, 6.07) is 8.33. The number of nitrogens with zero attached hydrogens (tertiary/aromatic N) is 3. The minimum Gasteiger partial charge on any atom is -0.381 e. The molecule has 1 aromatic carbocycles. The van der Waals surface area contributed by atoms with Crippen LogP contribution in [-0.2, 0) is 24.3 Å². The van der Waals surface area contributed by atoms with Crippen LogP contribution in [-0.4, -0.2) is 86.8 Å². The van der Waals surface area contributed by atoms with Gasteiger partial charge in [-0.1, -0.05) is 18.2 Å². The Morgan fingerprint density at radius 2 is 1.80 bits per heavy atom. The molecule has 0 bridgehead atoms. The lowest BCUT2D eigenvalue weighted by Gasteiger charge is -2.34. The van der Waals surface area contributed by atoms with Crippen molar-refractivity contribution in [1.29, 1.82) is 0 Å². The molecule has 30 heavy (non-hydrogen) atoms. The molecule has 9 heteroatoms. The normalized spacial score (nSPS) is 20.3. The summed E-state index contributed by atoms with van der Waals surface area (Å²) < 4.78 is 32.2. The van der Waals surface area contributed by atoms with Crippen LogP contribution in [0.15, 0.2) is 35.2 Å². The summed E-state index contributed by atoms with van der Waals surface area (Å²) in [5.74, 6) is 0.271. The standard InChI is InChI=1S/C21H31N3O5S/c1-2-22(16-18-10-15-29-17-18)20(25)8-9-21(26)23-11-13-24(14-12-23)30(27,28)19-6-4-3-5-7-19/h3-7,18H,2,8-17H2,1H3. The molecule has 2 aliphatic rings. The molecule has 1 atom stereocenters. The number of hydrogen-bond donors (Lipinski definition) is 0. The summed E-state index contributed by atoms with van der Waals surface area (Å²) in [5, 5.41) is 0. The molecule has 1 aromatic rings. The molecule has 3 rings (SSSR count). The number of piperazine rings is 1. The van der Waals surface area contributed by atoms with E-state index < -0.39 is 10.0 Å². The van der Waals surface area contributed by atoms with E-state index in [1.807, 2.05) is 6.92 Å². The second-order valence-electron chi connectivity index (χ2n) is 7.76. The molecule has 0 saturated carbocycles. The van der Waals surface area contributed by atoms with Crippen LogP contribution in [0.4, 0.5) is 0 Å². The number of carbonyl (C=O) groups is 2. The third kappa shape index (κ3) is 5.59. The largest absolute Gasteiger partial charge is 0.381 e. The lowest BCUT2D eigenvalue weighted by Crippen LogP contribution is -2.50. The molecule has 1 unspecified atom stereocenters. The Kier molecular flexibility index (Phi) is 7.85. The number of benzene rings is 1. The molecule has 0 spiro atoms. The van der Waals surface area contributed by atoms with Crippen molar-refractivity contribution in [3.8, 4) is 0 Å². The Morgan fingerprint density at radius 1 is 1.10 bits per heavy atom. The average Bonchev–Trinajstić information content (AvgIpc) is 3.29. The lowest BCUT2D eigenvalue weighted by atomic mass is 10.1. The SMILES string of the molecule is CCN(CC1CCOC1)C(=O)CCC(=O)N1CCN(S(=O)(=O)c2ccccc2)CC1. The van der Waals surface area contributed by atoms with E-state index in [-0.39, 0.29) is 42.6 Å². The first kappa shape index (κ1) is 22.7. The second-order valence-corrected chi connectivity index (χ2v) is 9.70. The fourth-order valence-corrected chi connectivity index (χ4v) is 5.34. The predicted molar refractivity (Wildman–Crippen MR) is 112 cm³/mol. The summed E-state index contributed by atoms with van der Waals surface area (Å²) in [7, 11) is -3.54. The molecule has 2 heterocycles. The van der Waals surface area contributed by atoms with Gasteiger partial charge in [-0.05, 0) is 25.5 Å². The molecule has 2 aliphatic heterocycles.